The predicted octanol–water partition coefficient (Wildman–Crippen LogP) is 4.36. The molecule has 0 radical (unpaired) electrons. The molecule has 0 fully saturated rings. The summed E-state index contributed by atoms with van der Waals surface area (Å²) in [5.74, 6) is 0.0842. The Bertz CT molecular complexity index is 597. The molecule has 3 nitrogen and oxygen atoms in total. The van der Waals surface area contributed by atoms with Gasteiger partial charge in [-0.3, -0.25) is 4.79 Å². The number of fused-ring (bicyclic) bond motifs is 1. The van der Waals surface area contributed by atoms with Crippen LogP contribution < -0.4 is 5.32 Å². The molecule has 0 aliphatic rings. The zero-order valence-electron chi connectivity index (χ0n) is 9.96. The molecular weight excluding hydrogens is 336 g/mol. The summed E-state index contributed by atoms with van der Waals surface area (Å²) in [4.78, 5) is 15.7. The van der Waals surface area contributed by atoms with Crippen LogP contribution in [0, 0.1) is 0 Å². The van der Waals surface area contributed by atoms with Crippen LogP contribution in [0.25, 0.3) is 10.2 Å². The predicted molar refractivity (Wildman–Crippen MR) is 80.8 cm³/mol. The topological polar surface area (TPSA) is 42.0 Å². The third kappa shape index (κ3) is 2.84. The fourth-order valence-corrected chi connectivity index (χ4v) is 3.32. The van der Waals surface area contributed by atoms with Gasteiger partial charge in [-0.15, -0.1) is 11.6 Å². The molecule has 0 atom stereocenters. The molecule has 96 valence electrons. The molecule has 6 heteroatoms. The minimum absolute atomic E-state index is 0.0589. The molecule has 2 aromatic rings. The molecule has 0 spiro atoms. The first-order valence-electron chi connectivity index (χ1n) is 5.47. The largest absolute Gasteiger partial charge is 0.301 e. The Morgan fingerprint density at radius 3 is 2.89 bits per heavy atom. The smallest absolute Gasteiger partial charge is 0.241 e. The third-order valence-corrected chi connectivity index (χ3v) is 4.10. The second kappa shape index (κ2) is 5.55. The number of hydrogen-bond acceptors (Lipinski definition) is 3. The number of thiazole rings is 1. The van der Waals surface area contributed by atoms with Crippen LogP contribution in [-0.4, -0.2) is 16.8 Å². The highest BCUT2D eigenvalue weighted by Crippen LogP contribution is 2.34. The Labute approximate surface area is 123 Å². The fourth-order valence-electron chi connectivity index (χ4n) is 1.67. The number of carbonyl (C=O) groups is 1. The van der Waals surface area contributed by atoms with Gasteiger partial charge < -0.3 is 5.32 Å². The molecular formula is C12H12BrClN2OS. The molecule has 0 bridgehead atoms. The van der Waals surface area contributed by atoms with Gasteiger partial charge in [-0.2, -0.15) is 0 Å². The number of halogens is 2. The minimum Gasteiger partial charge on any atom is -0.301 e. The van der Waals surface area contributed by atoms with Gasteiger partial charge in [-0.05, 0) is 23.6 Å². The summed E-state index contributed by atoms with van der Waals surface area (Å²) in [6.45, 7) is 4.25. The van der Waals surface area contributed by atoms with Crippen molar-refractivity contribution in [3.05, 3.63) is 22.2 Å². The lowest BCUT2D eigenvalue weighted by Gasteiger charge is -2.06. The standard InChI is InChI=1S/C12H12BrClN2OS/c1-6(2)8-3-7(13)4-9-11(8)16-12(18-9)15-10(17)5-14/h3-4,6H,5H2,1-2H3,(H,15,16,17). The van der Waals surface area contributed by atoms with Crippen LogP contribution in [0.2, 0.25) is 0 Å². The van der Waals surface area contributed by atoms with E-state index in [2.05, 4.69) is 46.1 Å². The van der Waals surface area contributed by atoms with Crippen LogP contribution >= 0.6 is 38.9 Å². The van der Waals surface area contributed by atoms with Crippen LogP contribution in [0.4, 0.5) is 5.13 Å². The molecule has 0 aliphatic heterocycles. The highest BCUT2D eigenvalue weighted by atomic mass is 79.9. The van der Waals surface area contributed by atoms with Crippen molar-refractivity contribution in [2.75, 3.05) is 11.2 Å². The Morgan fingerprint density at radius 2 is 2.28 bits per heavy atom. The average Bonchev–Trinajstić information content (AvgIpc) is 2.69. The van der Waals surface area contributed by atoms with Crippen molar-refractivity contribution in [1.29, 1.82) is 0 Å². The van der Waals surface area contributed by atoms with Gasteiger partial charge in [0, 0.05) is 4.47 Å². The number of benzene rings is 1. The number of aromatic nitrogens is 1. The van der Waals surface area contributed by atoms with Crippen LogP contribution in [0.5, 0.6) is 0 Å². The first-order valence-corrected chi connectivity index (χ1v) is 7.61. The quantitative estimate of drug-likeness (QED) is 0.838. The summed E-state index contributed by atoms with van der Waals surface area (Å²) in [6.07, 6.45) is 0. The lowest BCUT2D eigenvalue weighted by Crippen LogP contribution is -2.12. The highest BCUT2D eigenvalue weighted by molar-refractivity contribution is 9.10. The van der Waals surface area contributed by atoms with Crippen molar-refractivity contribution in [1.82, 2.24) is 4.98 Å². The zero-order chi connectivity index (χ0) is 13.3. The van der Waals surface area contributed by atoms with Crippen LogP contribution in [0.1, 0.15) is 25.3 Å². The maximum atomic E-state index is 11.3. The number of carbonyl (C=O) groups excluding carboxylic acids is 1. The Morgan fingerprint density at radius 1 is 1.56 bits per heavy atom. The lowest BCUT2D eigenvalue weighted by molar-refractivity contribution is -0.113. The van der Waals surface area contributed by atoms with Gasteiger partial charge in [-0.25, -0.2) is 4.98 Å². The van der Waals surface area contributed by atoms with Gasteiger partial charge in [0.15, 0.2) is 5.13 Å². The second-order valence-electron chi connectivity index (χ2n) is 4.20. The van der Waals surface area contributed by atoms with Crippen molar-refractivity contribution in [2.45, 2.75) is 19.8 Å². The number of amides is 1. The zero-order valence-corrected chi connectivity index (χ0v) is 13.1. The van der Waals surface area contributed by atoms with Gasteiger partial charge in [0.2, 0.25) is 5.91 Å². The molecule has 1 heterocycles. The summed E-state index contributed by atoms with van der Waals surface area (Å²) >= 11 is 10.4. The van der Waals surface area contributed by atoms with Crippen LogP contribution in [0.15, 0.2) is 16.6 Å². The normalized spacial score (nSPS) is 11.2. The molecule has 0 saturated carbocycles. The minimum atomic E-state index is -0.235. The molecule has 0 saturated heterocycles. The number of rotatable bonds is 3. The maximum absolute atomic E-state index is 11.3. The summed E-state index contributed by atoms with van der Waals surface area (Å²) < 4.78 is 2.08. The van der Waals surface area contributed by atoms with E-state index in [1.54, 1.807) is 0 Å². The molecule has 1 aromatic heterocycles. The van der Waals surface area contributed by atoms with E-state index >= 15 is 0 Å². The van der Waals surface area contributed by atoms with Crippen LogP contribution in [-0.2, 0) is 4.79 Å². The number of anilines is 1. The molecule has 1 aromatic carbocycles. The van der Waals surface area contributed by atoms with Gasteiger partial charge in [0.25, 0.3) is 0 Å². The fraction of sp³-hybridized carbons (Fsp3) is 0.333. The Kier molecular flexibility index (Phi) is 4.25. The van der Waals surface area contributed by atoms with E-state index in [-0.39, 0.29) is 11.8 Å². The SMILES string of the molecule is CC(C)c1cc(Br)cc2sc(NC(=O)CCl)nc12. The molecule has 0 unspecified atom stereocenters. The van der Waals surface area contributed by atoms with Crippen molar-refractivity contribution in [3.8, 4) is 0 Å². The summed E-state index contributed by atoms with van der Waals surface area (Å²) in [7, 11) is 0. The van der Waals surface area contributed by atoms with Crippen LogP contribution in [0.3, 0.4) is 0 Å². The van der Waals surface area contributed by atoms with Gasteiger partial charge in [-0.1, -0.05) is 41.1 Å². The molecule has 0 aliphatic carbocycles. The highest BCUT2D eigenvalue weighted by Gasteiger charge is 2.13. The molecule has 18 heavy (non-hydrogen) atoms. The van der Waals surface area contributed by atoms with E-state index in [0.717, 1.165) is 14.7 Å². The Balaban J connectivity index is 2.50. The maximum Gasteiger partial charge on any atom is 0.241 e. The van der Waals surface area contributed by atoms with Crippen molar-refractivity contribution in [2.24, 2.45) is 0 Å². The summed E-state index contributed by atoms with van der Waals surface area (Å²) in [5.41, 5.74) is 2.12. The molecule has 1 amide bonds. The third-order valence-electron chi connectivity index (χ3n) is 2.48. The first-order chi connectivity index (χ1) is 8.51. The number of nitrogens with one attached hydrogen (secondary N) is 1. The van der Waals surface area contributed by atoms with E-state index in [1.807, 2.05) is 6.07 Å². The summed E-state index contributed by atoms with van der Waals surface area (Å²) in [6, 6.07) is 4.08. The summed E-state index contributed by atoms with van der Waals surface area (Å²) in [5, 5.41) is 3.28. The van der Waals surface area contributed by atoms with Crippen molar-refractivity contribution in [3.63, 3.8) is 0 Å². The Hall–Kier alpha value is -0.650. The van der Waals surface area contributed by atoms with E-state index < -0.39 is 0 Å². The van der Waals surface area contributed by atoms with E-state index in [4.69, 9.17) is 11.6 Å². The van der Waals surface area contributed by atoms with E-state index in [1.165, 1.54) is 16.9 Å². The molecule has 1 N–H and O–H groups in total. The monoisotopic (exact) mass is 346 g/mol. The second-order valence-corrected chi connectivity index (χ2v) is 6.41. The van der Waals surface area contributed by atoms with E-state index in [9.17, 15) is 4.79 Å². The van der Waals surface area contributed by atoms with Gasteiger partial charge in [0.1, 0.15) is 5.88 Å². The number of hydrogen-bond donors (Lipinski definition) is 1. The lowest BCUT2D eigenvalue weighted by atomic mass is 10.0. The average molecular weight is 348 g/mol. The first kappa shape index (κ1) is 13.8. The van der Waals surface area contributed by atoms with E-state index in [0.29, 0.717) is 11.0 Å². The van der Waals surface area contributed by atoms with Crippen molar-refractivity contribution >= 4 is 60.1 Å². The number of alkyl halides is 1. The van der Waals surface area contributed by atoms with Gasteiger partial charge >= 0.3 is 0 Å². The van der Waals surface area contributed by atoms with Crippen molar-refractivity contribution < 1.29 is 4.79 Å². The molecule has 2 rings (SSSR count). The van der Waals surface area contributed by atoms with Gasteiger partial charge in [0.05, 0.1) is 10.2 Å². The number of nitrogens with zero attached hydrogens (tertiary/aromatic N) is 1.